The highest BCUT2D eigenvalue weighted by Crippen LogP contribution is 2.41. The number of amides is 1. The highest BCUT2D eigenvalue weighted by molar-refractivity contribution is 6.25. The van der Waals surface area contributed by atoms with E-state index in [4.69, 9.17) is 10.5 Å². The van der Waals surface area contributed by atoms with Gasteiger partial charge in [-0.2, -0.15) is 0 Å². The summed E-state index contributed by atoms with van der Waals surface area (Å²) in [6.07, 6.45) is -1.14. The number of rotatable bonds is 3. The van der Waals surface area contributed by atoms with E-state index >= 15 is 0 Å². The molecular weight excluding hydrogens is 300 g/mol. The molecule has 2 aliphatic heterocycles. The molecule has 0 radical (unpaired) electrons. The first kappa shape index (κ1) is 15.5. The van der Waals surface area contributed by atoms with Gasteiger partial charge in [-0.15, -0.1) is 0 Å². The maximum atomic E-state index is 12.8. The van der Waals surface area contributed by atoms with Gasteiger partial charge in [0, 0.05) is 30.8 Å². The van der Waals surface area contributed by atoms with Gasteiger partial charge < -0.3 is 20.7 Å². The van der Waals surface area contributed by atoms with E-state index in [1.165, 1.54) is 0 Å². The summed E-state index contributed by atoms with van der Waals surface area (Å²) in [7, 11) is 1.61. The third-order valence-corrected chi connectivity index (χ3v) is 4.61. The first-order chi connectivity index (χ1) is 10.9. The number of allylic oxidation sites excluding steroid dienone is 2. The maximum Gasteiger partial charge on any atom is 0.404 e. The molecule has 0 aromatic rings. The van der Waals surface area contributed by atoms with E-state index in [2.05, 4.69) is 10.6 Å². The lowest BCUT2D eigenvalue weighted by Crippen LogP contribution is -2.41. The van der Waals surface area contributed by atoms with Crippen molar-refractivity contribution in [3.8, 4) is 0 Å². The van der Waals surface area contributed by atoms with Gasteiger partial charge >= 0.3 is 6.09 Å². The fourth-order valence-corrected chi connectivity index (χ4v) is 3.67. The van der Waals surface area contributed by atoms with Crippen molar-refractivity contribution < 1.29 is 19.1 Å². The third-order valence-electron chi connectivity index (χ3n) is 4.61. The number of nitrogens with two attached hydrogens (primary N) is 1. The molecule has 1 amide bonds. The smallest absolute Gasteiger partial charge is 0.404 e. The lowest BCUT2D eigenvalue weighted by atomic mass is 9.86. The third kappa shape index (κ3) is 2.21. The van der Waals surface area contributed by atoms with E-state index in [-0.39, 0.29) is 30.4 Å². The molecule has 2 heterocycles. The van der Waals surface area contributed by atoms with Crippen LogP contribution >= 0.6 is 0 Å². The number of likely N-dealkylation sites (N-methyl/N-ethyl adjacent to an activating group) is 1. The Balaban J connectivity index is 2.04. The zero-order chi connectivity index (χ0) is 16.9. The van der Waals surface area contributed by atoms with Gasteiger partial charge in [-0.1, -0.05) is 0 Å². The minimum absolute atomic E-state index is 0.0376. The van der Waals surface area contributed by atoms with Crippen LogP contribution in [0.5, 0.6) is 0 Å². The Labute approximate surface area is 133 Å². The molecule has 1 fully saturated rings. The molecule has 3 rings (SSSR count). The van der Waals surface area contributed by atoms with Gasteiger partial charge in [0.15, 0.2) is 0 Å². The van der Waals surface area contributed by atoms with Crippen molar-refractivity contribution in [1.82, 2.24) is 15.5 Å². The number of carbonyl (C=O) groups excluding carboxylic acids is 3. The number of primary amides is 1. The van der Waals surface area contributed by atoms with Gasteiger partial charge in [-0.3, -0.25) is 14.9 Å². The Morgan fingerprint density at radius 1 is 1.43 bits per heavy atom. The number of hydrogen-bond donors (Lipinski definition) is 3. The van der Waals surface area contributed by atoms with Crippen molar-refractivity contribution in [3.63, 3.8) is 0 Å². The zero-order valence-electron chi connectivity index (χ0n) is 13.3. The lowest BCUT2D eigenvalue weighted by molar-refractivity contribution is -0.117. The number of ether oxygens (including phenoxy) is 1. The number of carbonyl (C=O) groups is 3. The number of hydrogen-bond acceptors (Lipinski definition) is 7. The molecule has 124 valence electrons. The van der Waals surface area contributed by atoms with Crippen LogP contribution < -0.4 is 16.4 Å². The van der Waals surface area contributed by atoms with Gasteiger partial charge in [0.05, 0.1) is 23.5 Å². The second-order valence-corrected chi connectivity index (χ2v) is 6.07. The highest BCUT2D eigenvalue weighted by Gasteiger charge is 2.52. The normalized spacial score (nSPS) is 29.9. The van der Waals surface area contributed by atoms with Gasteiger partial charge in [0.1, 0.15) is 6.61 Å². The van der Waals surface area contributed by atoms with Gasteiger partial charge in [-0.25, -0.2) is 4.79 Å². The maximum absolute atomic E-state index is 12.8. The summed E-state index contributed by atoms with van der Waals surface area (Å²) in [5.74, 6) is -0.803. The number of ketones is 2. The predicted octanol–water partition coefficient (Wildman–Crippen LogP) is -0.769. The molecule has 23 heavy (non-hydrogen) atoms. The Hall–Kier alpha value is -2.35. The molecule has 0 saturated carbocycles. The molecule has 0 spiro atoms. The van der Waals surface area contributed by atoms with Crippen LogP contribution in [0.15, 0.2) is 22.5 Å². The highest BCUT2D eigenvalue weighted by atomic mass is 16.5. The second-order valence-electron chi connectivity index (χ2n) is 6.07. The first-order valence-corrected chi connectivity index (χ1v) is 7.54. The molecule has 4 N–H and O–H groups in total. The average Bonchev–Trinajstić information content (AvgIpc) is 2.98. The molecular formula is C15H20N4O4. The van der Waals surface area contributed by atoms with E-state index in [1.807, 2.05) is 11.8 Å². The molecule has 1 aliphatic carbocycles. The van der Waals surface area contributed by atoms with Gasteiger partial charge in [-0.05, 0) is 13.8 Å². The minimum atomic E-state index is -0.896. The summed E-state index contributed by atoms with van der Waals surface area (Å²) < 4.78 is 4.94. The average molecular weight is 320 g/mol. The van der Waals surface area contributed by atoms with Crippen LogP contribution in [0.2, 0.25) is 0 Å². The van der Waals surface area contributed by atoms with Gasteiger partial charge in [0.2, 0.25) is 11.6 Å². The fourth-order valence-electron chi connectivity index (χ4n) is 3.67. The summed E-state index contributed by atoms with van der Waals surface area (Å²) in [6.45, 7) is 4.23. The molecule has 8 heteroatoms. The SMILES string of the molecule is CNC1=C(C)C(=O)C2=C(C1=O)C(COC(N)=O)C1NC(C)CN21. The Morgan fingerprint density at radius 3 is 2.74 bits per heavy atom. The molecule has 0 bridgehead atoms. The topological polar surface area (TPSA) is 114 Å². The predicted molar refractivity (Wildman–Crippen MR) is 80.9 cm³/mol. The van der Waals surface area contributed by atoms with Crippen LogP contribution in [0.25, 0.3) is 0 Å². The molecule has 3 atom stereocenters. The van der Waals surface area contributed by atoms with E-state index in [0.29, 0.717) is 29.1 Å². The van der Waals surface area contributed by atoms with Gasteiger partial charge in [0.25, 0.3) is 0 Å². The van der Waals surface area contributed by atoms with E-state index in [9.17, 15) is 14.4 Å². The second kappa shape index (κ2) is 5.38. The molecule has 0 aromatic carbocycles. The zero-order valence-corrected chi connectivity index (χ0v) is 13.3. The van der Waals surface area contributed by atoms with Crippen molar-refractivity contribution in [3.05, 3.63) is 22.5 Å². The van der Waals surface area contributed by atoms with Crippen LogP contribution in [-0.2, 0) is 14.3 Å². The lowest BCUT2D eigenvalue weighted by Gasteiger charge is -2.23. The van der Waals surface area contributed by atoms with Crippen molar-refractivity contribution in [2.24, 2.45) is 11.7 Å². The van der Waals surface area contributed by atoms with Crippen molar-refractivity contribution in [2.45, 2.75) is 26.1 Å². The monoisotopic (exact) mass is 320 g/mol. The summed E-state index contributed by atoms with van der Waals surface area (Å²) in [5, 5.41) is 6.15. The largest absolute Gasteiger partial charge is 0.449 e. The Bertz CT molecular complexity index is 666. The summed E-state index contributed by atoms with van der Waals surface area (Å²) in [6, 6.07) is 0.169. The van der Waals surface area contributed by atoms with Crippen LogP contribution in [-0.4, -0.2) is 55.0 Å². The molecule has 1 saturated heterocycles. The van der Waals surface area contributed by atoms with Crippen molar-refractivity contribution in [2.75, 3.05) is 20.2 Å². The van der Waals surface area contributed by atoms with E-state index in [1.54, 1.807) is 14.0 Å². The van der Waals surface area contributed by atoms with Crippen LogP contribution in [0, 0.1) is 5.92 Å². The molecule has 3 unspecified atom stereocenters. The van der Waals surface area contributed by atoms with E-state index in [0.717, 1.165) is 0 Å². The first-order valence-electron chi connectivity index (χ1n) is 7.54. The number of nitrogens with zero attached hydrogens (tertiary/aromatic N) is 1. The number of fused-ring (bicyclic) bond motifs is 2. The minimum Gasteiger partial charge on any atom is -0.449 e. The standard InChI is InChI=1S/C15H20N4O4/c1-6-4-19-11-9(8(14(19)18-6)5-23-15(16)22)13(21)10(17-3)7(2)12(11)20/h6,8,14,17-18H,4-5H2,1-3H3,(H2,16,22). The Kier molecular flexibility index (Phi) is 3.63. The van der Waals surface area contributed by atoms with Crippen LogP contribution in [0.1, 0.15) is 13.8 Å². The quantitative estimate of drug-likeness (QED) is 0.585. The van der Waals surface area contributed by atoms with Crippen molar-refractivity contribution in [1.29, 1.82) is 0 Å². The van der Waals surface area contributed by atoms with Crippen molar-refractivity contribution >= 4 is 17.7 Å². The summed E-state index contributed by atoms with van der Waals surface area (Å²) in [5.41, 5.74) is 6.58. The number of nitrogens with one attached hydrogen (secondary N) is 2. The van der Waals surface area contributed by atoms with Crippen LogP contribution in [0.3, 0.4) is 0 Å². The molecule has 0 aromatic heterocycles. The van der Waals surface area contributed by atoms with E-state index < -0.39 is 12.0 Å². The van der Waals surface area contributed by atoms with Crippen LogP contribution in [0.4, 0.5) is 4.79 Å². The summed E-state index contributed by atoms with van der Waals surface area (Å²) >= 11 is 0. The number of Topliss-reactive ketones (excluding diaryl/α,β-unsaturated/α-hetero) is 2. The fraction of sp³-hybridized carbons (Fsp3) is 0.533. The summed E-state index contributed by atoms with van der Waals surface area (Å²) in [4.78, 5) is 38.4. The molecule has 3 aliphatic rings. The molecule has 8 nitrogen and oxygen atoms in total. The Morgan fingerprint density at radius 2 is 2.13 bits per heavy atom.